The molecule has 0 bridgehead atoms. The van der Waals surface area contributed by atoms with Gasteiger partial charge in [0.25, 0.3) is 0 Å². The van der Waals surface area contributed by atoms with Gasteiger partial charge in [-0.15, -0.1) is 0 Å². The number of nitrogens with zero attached hydrogens (tertiary/aromatic N) is 1. The first kappa shape index (κ1) is 7.56. The summed E-state index contributed by atoms with van der Waals surface area (Å²) in [6.07, 6.45) is 3.76. The summed E-state index contributed by atoms with van der Waals surface area (Å²) in [6.45, 7) is 4.37. The van der Waals surface area contributed by atoms with Gasteiger partial charge in [0.1, 0.15) is 0 Å². The maximum Gasteiger partial charge on any atom is 0.0682 e. The van der Waals surface area contributed by atoms with Crippen molar-refractivity contribution in [3.8, 4) is 0 Å². The van der Waals surface area contributed by atoms with E-state index in [2.05, 4.69) is 11.8 Å². The molecule has 2 heteroatoms. The molecule has 2 fully saturated rings. The van der Waals surface area contributed by atoms with Crippen LogP contribution >= 0.6 is 0 Å². The fourth-order valence-corrected chi connectivity index (χ4v) is 1.95. The highest BCUT2D eigenvalue weighted by Crippen LogP contribution is 2.32. The summed E-state index contributed by atoms with van der Waals surface area (Å²) in [5.74, 6) is 0.961. The molecule has 1 saturated heterocycles. The molecule has 1 saturated carbocycles. The van der Waals surface area contributed by atoms with Gasteiger partial charge < -0.3 is 5.11 Å². The summed E-state index contributed by atoms with van der Waals surface area (Å²) >= 11 is 0. The minimum Gasteiger partial charge on any atom is -0.392 e. The minimum atomic E-state index is -0.0521. The highest BCUT2D eigenvalue weighted by molar-refractivity contribution is 4.86. The van der Waals surface area contributed by atoms with Crippen LogP contribution in [0.2, 0.25) is 0 Å². The maximum atomic E-state index is 9.36. The Bertz CT molecular complexity index is 144. The fourth-order valence-electron chi connectivity index (χ4n) is 1.95. The maximum absolute atomic E-state index is 9.36. The van der Waals surface area contributed by atoms with E-state index in [9.17, 15) is 5.11 Å². The van der Waals surface area contributed by atoms with Gasteiger partial charge in [-0.05, 0) is 32.1 Å². The Balaban J connectivity index is 1.82. The van der Waals surface area contributed by atoms with Crippen molar-refractivity contribution in [2.24, 2.45) is 5.92 Å². The lowest BCUT2D eigenvalue weighted by Crippen LogP contribution is -2.29. The number of β-amino-alcohol motifs (C(OH)–C–C–N with tert-alkyl or cyclic N) is 1. The molecule has 2 nitrogen and oxygen atoms in total. The SMILES string of the molecule is CC1CC(O)CN1CC1CC1. The average molecular weight is 155 g/mol. The van der Waals surface area contributed by atoms with Gasteiger partial charge in [0.2, 0.25) is 0 Å². The van der Waals surface area contributed by atoms with Crippen molar-refractivity contribution < 1.29 is 5.11 Å². The zero-order valence-electron chi connectivity index (χ0n) is 7.16. The summed E-state index contributed by atoms with van der Waals surface area (Å²) in [5, 5.41) is 9.36. The van der Waals surface area contributed by atoms with Crippen LogP contribution in [-0.4, -0.2) is 35.2 Å². The lowest BCUT2D eigenvalue weighted by atomic mass is 10.2. The second kappa shape index (κ2) is 2.76. The van der Waals surface area contributed by atoms with E-state index in [-0.39, 0.29) is 6.10 Å². The largest absolute Gasteiger partial charge is 0.392 e. The van der Waals surface area contributed by atoms with Crippen molar-refractivity contribution in [2.75, 3.05) is 13.1 Å². The van der Waals surface area contributed by atoms with Crippen LogP contribution in [0, 0.1) is 5.92 Å². The third-order valence-electron chi connectivity index (χ3n) is 2.87. The van der Waals surface area contributed by atoms with Crippen LogP contribution in [0.1, 0.15) is 26.2 Å². The van der Waals surface area contributed by atoms with Crippen LogP contribution < -0.4 is 0 Å². The Kier molecular flexibility index (Phi) is 1.90. The van der Waals surface area contributed by atoms with Gasteiger partial charge in [-0.2, -0.15) is 0 Å². The molecular weight excluding hydrogens is 138 g/mol. The Hall–Kier alpha value is -0.0800. The van der Waals surface area contributed by atoms with Gasteiger partial charge in [0, 0.05) is 19.1 Å². The Labute approximate surface area is 68.2 Å². The van der Waals surface area contributed by atoms with E-state index in [1.807, 2.05) is 0 Å². The van der Waals surface area contributed by atoms with E-state index in [1.165, 1.54) is 19.4 Å². The molecule has 1 aliphatic heterocycles. The fraction of sp³-hybridized carbons (Fsp3) is 1.00. The lowest BCUT2D eigenvalue weighted by molar-refractivity contribution is 0.173. The molecule has 0 aromatic carbocycles. The first-order chi connectivity index (χ1) is 5.25. The minimum absolute atomic E-state index is 0.0521. The molecule has 64 valence electrons. The van der Waals surface area contributed by atoms with Crippen LogP contribution in [0.4, 0.5) is 0 Å². The summed E-state index contributed by atoms with van der Waals surface area (Å²) in [4.78, 5) is 2.43. The third-order valence-corrected chi connectivity index (χ3v) is 2.87. The number of hydrogen-bond donors (Lipinski definition) is 1. The quantitative estimate of drug-likeness (QED) is 0.639. The predicted molar refractivity (Wildman–Crippen MR) is 44.4 cm³/mol. The summed E-state index contributed by atoms with van der Waals surface area (Å²) in [7, 11) is 0. The lowest BCUT2D eigenvalue weighted by Gasteiger charge is -2.19. The van der Waals surface area contributed by atoms with Gasteiger partial charge in [0.05, 0.1) is 6.10 Å². The molecule has 2 unspecified atom stereocenters. The van der Waals surface area contributed by atoms with Gasteiger partial charge in [-0.25, -0.2) is 0 Å². The van der Waals surface area contributed by atoms with Gasteiger partial charge in [-0.3, -0.25) is 4.90 Å². The Morgan fingerprint density at radius 2 is 2.18 bits per heavy atom. The van der Waals surface area contributed by atoms with Crippen LogP contribution in [0.15, 0.2) is 0 Å². The normalized spacial score (nSPS) is 39.8. The molecule has 11 heavy (non-hydrogen) atoms. The molecule has 0 aromatic heterocycles. The van der Waals surface area contributed by atoms with E-state index in [0.717, 1.165) is 18.9 Å². The second-order valence-corrected chi connectivity index (χ2v) is 4.14. The van der Waals surface area contributed by atoms with E-state index >= 15 is 0 Å². The average Bonchev–Trinajstić information content (AvgIpc) is 2.64. The monoisotopic (exact) mass is 155 g/mol. The van der Waals surface area contributed by atoms with E-state index in [1.54, 1.807) is 0 Å². The van der Waals surface area contributed by atoms with Crippen LogP contribution in [-0.2, 0) is 0 Å². The standard InChI is InChI=1S/C9H17NO/c1-7-4-9(11)6-10(7)5-8-2-3-8/h7-9,11H,2-6H2,1H3. The molecule has 0 amide bonds. The van der Waals surface area contributed by atoms with Crippen molar-refractivity contribution in [2.45, 2.75) is 38.3 Å². The van der Waals surface area contributed by atoms with Crippen LogP contribution in [0.5, 0.6) is 0 Å². The smallest absolute Gasteiger partial charge is 0.0682 e. The second-order valence-electron chi connectivity index (χ2n) is 4.14. The Morgan fingerprint density at radius 3 is 2.64 bits per heavy atom. The predicted octanol–water partition coefficient (Wildman–Crippen LogP) is 0.851. The molecule has 1 N–H and O–H groups in total. The van der Waals surface area contributed by atoms with Crippen LogP contribution in [0.25, 0.3) is 0 Å². The number of likely N-dealkylation sites (tertiary alicyclic amines) is 1. The third kappa shape index (κ3) is 1.74. The van der Waals surface area contributed by atoms with Gasteiger partial charge in [0.15, 0.2) is 0 Å². The number of aliphatic hydroxyl groups excluding tert-OH is 1. The molecule has 2 aliphatic rings. The van der Waals surface area contributed by atoms with Crippen LogP contribution in [0.3, 0.4) is 0 Å². The topological polar surface area (TPSA) is 23.5 Å². The molecule has 0 spiro atoms. The first-order valence-electron chi connectivity index (χ1n) is 4.68. The van der Waals surface area contributed by atoms with Crippen molar-refractivity contribution in [3.63, 3.8) is 0 Å². The number of aliphatic hydroxyl groups is 1. The zero-order valence-corrected chi connectivity index (χ0v) is 7.16. The number of rotatable bonds is 2. The first-order valence-corrected chi connectivity index (χ1v) is 4.68. The van der Waals surface area contributed by atoms with Crippen molar-refractivity contribution >= 4 is 0 Å². The molecule has 1 heterocycles. The zero-order chi connectivity index (χ0) is 7.84. The van der Waals surface area contributed by atoms with E-state index in [4.69, 9.17) is 0 Å². The summed E-state index contributed by atoms with van der Waals surface area (Å²) < 4.78 is 0. The Morgan fingerprint density at radius 1 is 1.45 bits per heavy atom. The molecular formula is C9H17NO. The number of hydrogen-bond acceptors (Lipinski definition) is 2. The highest BCUT2D eigenvalue weighted by atomic mass is 16.3. The molecule has 0 aromatic rings. The van der Waals surface area contributed by atoms with E-state index < -0.39 is 0 Å². The molecule has 2 rings (SSSR count). The summed E-state index contributed by atoms with van der Waals surface area (Å²) in [6, 6.07) is 0.616. The highest BCUT2D eigenvalue weighted by Gasteiger charge is 2.32. The van der Waals surface area contributed by atoms with E-state index in [0.29, 0.717) is 6.04 Å². The molecule has 0 radical (unpaired) electrons. The van der Waals surface area contributed by atoms with Crippen molar-refractivity contribution in [1.82, 2.24) is 4.90 Å². The molecule has 1 aliphatic carbocycles. The van der Waals surface area contributed by atoms with Gasteiger partial charge >= 0.3 is 0 Å². The summed E-state index contributed by atoms with van der Waals surface area (Å²) in [5.41, 5.74) is 0. The molecule has 2 atom stereocenters. The van der Waals surface area contributed by atoms with Crippen molar-refractivity contribution in [1.29, 1.82) is 0 Å². The van der Waals surface area contributed by atoms with Gasteiger partial charge in [-0.1, -0.05) is 0 Å². The van der Waals surface area contributed by atoms with Crippen molar-refractivity contribution in [3.05, 3.63) is 0 Å².